The van der Waals surface area contributed by atoms with Crippen molar-refractivity contribution in [3.63, 3.8) is 0 Å². The molecule has 308 valence electrons. The Morgan fingerprint density at radius 1 is 0.691 bits per heavy atom. The Morgan fingerprint density at radius 3 is 1.71 bits per heavy atom. The molecule has 1 N–H and O–H groups in total. The van der Waals surface area contributed by atoms with Crippen LogP contribution in [0.15, 0.2) is 53.6 Å². The summed E-state index contributed by atoms with van der Waals surface area (Å²) in [4.78, 5) is 27.7. The van der Waals surface area contributed by atoms with Crippen LogP contribution in [0.2, 0.25) is 38.3 Å². The molecule has 0 aromatic heterocycles. The van der Waals surface area contributed by atoms with Gasteiger partial charge in [0.05, 0.1) is 59.5 Å². The molecule has 0 spiro atoms. The zero-order valence-electron chi connectivity index (χ0n) is 32.9. The van der Waals surface area contributed by atoms with Crippen LogP contribution >= 0.6 is 0 Å². The van der Waals surface area contributed by atoms with E-state index in [0.29, 0.717) is 105 Å². The third kappa shape index (κ3) is 20.0. The van der Waals surface area contributed by atoms with Crippen molar-refractivity contribution in [2.24, 2.45) is 5.11 Å². The second-order valence-corrected chi connectivity index (χ2v) is 23.3. The fraction of sp³-hybridized carbons (Fsp3) is 0.650. The van der Waals surface area contributed by atoms with E-state index in [1.165, 1.54) is 22.3 Å². The van der Waals surface area contributed by atoms with Crippen LogP contribution in [0, 0.1) is 0 Å². The SMILES string of the molecule is C.C[Si](C)(CCCNC(=O)OCC1c2ccccc2-c2ccccc21)O[Si](C)(C)CCCC(=O)CCCOCCOCCOCCOCCOCCN=[N+]=[N-]. The number of Topliss-reactive ketones (excluding diaryl/α,β-unsaturated/α-hetero) is 1. The first-order valence-corrected chi connectivity index (χ1v) is 25.6. The van der Waals surface area contributed by atoms with E-state index in [1.54, 1.807) is 0 Å². The molecule has 55 heavy (non-hydrogen) atoms. The summed E-state index contributed by atoms with van der Waals surface area (Å²) < 4.78 is 39.7. The summed E-state index contributed by atoms with van der Waals surface area (Å²) >= 11 is 0. The Morgan fingerprint density at radius 2 is 1.16 bits per heavy atom. The molecule has 0 radical (unpaired) electrons. The van der Waals surface area contributed by atoms with Gasteiger partial charge in [0.25, 0.3) is 0 Å². The molecule has 0 bridgehead atoms. The van der Waals surface area contributed by atoms with Crippen molar-refractivity contribution in [3.8, 4) is 11.1 Å². The number of amides is 1. The van der Waals surface area contributed by atoms with Crippen molar-refractivity contribution in [1.82, 2.24) is 5.32 Å². The van der Waals surface area contributed by atoms with E-state index in [2.05, 4.69) is 65.8 Å². The third-order valence-corrected chi connectivity index (χ3v) is 16.5. The molecule has 0 aliphatic heterocycles. The number of hydrogen-bond acceptors (Lipinski definition) is 10. The predicted molar refractivity (Wildman–Crippen MR) is 222 cm³/mol. The van der Waals surface area contributed by atoms with E-state index in [9.17, 15) is 9.59 Å². The smallest absolute Gasteiger partial charge is 0.407 e. The Hall–Kier alpha value is -3.12. The van der Waals surface area contributed by atoms with Gasteiger partial charge in [-0.05, 0) is 85.3 Å². The number of nitrogens with zero attached hydrogens (tertiary/aromatic N) is 3. The van der Waals surface area contributed by atoms with E-state index in [1.807, 2.05) is 24.3 Å². The number of alkyl carbamates (subject to hydrolysis) is 1. The van der Waals surface area contributed by atoms with Crippen LogP contribution in [0.3, 0.4) is 0 Å². The van der Waals surface area contributed by atoms with Crippen molar-refractivity contribution in [1.29, 1.82) is 0 Å². The predicted octanol–water partition coefficient (Wildman–Crippen LogP) is 8.50. The molecule has 0 heterocycles. The summed E-state index contributed by atoms with van der Waals surface area (Å²) in [5.74, 6) is 0.322. The number of ether oxygens (including phenoxy) is 6. The minimum Gasteiger partial charge on any atom is -0.455 e. The van der Waals surface area contributed by atoms with E-state index in [-0.39, 0.29) is 25.2 Å². The topological polar surface area (TPSA) is 160 Å². The molecular weight excluding hydrogens is 737 g/mol. The number of fused-ring (bicyclic) bond motifs is 3. The molecule has 0 unspecified atom stereocenters. The molecule has 0 saturated carbocycles. The molecule has 1 amide bonds. The zero-order valence-corrected chi connectivity index (χ0v) is 34.9. The van der Waals surface area contributed by atoms with E-state index < -0.39 is 16.6 Å². The van der Waals surface area contributed by atoms with Crippen molar-refractivity contribution in [3.05, 3.63) is 70.1 Å². The number of nitrogens with one attached hydrogen (secondary N) is 1. The van der Waals surface area contributed by atoms with E-state index in [0.717, 1.165) is 24.9 Å². The minimum atomic E-state index is -1.93. The van der Waals surface area contributed by atoms with Gasteiger partial charge in [-0.1, -0.05) is 61.1 Å². The molecule has 1 aliphatic rings. The number of carbonyl (C=O) groups excluding carboxylic acids is 2. The van der Waals surface area contributed by atoms with Gasteiger partial charge in [0.2, 0.25) is 0 Å². The van der Waals surface area contributed by atoms with Gasteiger partial charge < -0.3 is 37.9 Å². The van der Waals surface area contributed by atoms with Gasteiger partial charge in [-0.25, -0.2) is 4.79 Å². The van der Waals surface area contributed by atoms with Gasteiger partial charge >= 0.3 is 6.09 Å². The molecule has 2 aromatic carbocycles. The van der Waals surface area contributed by atoms with E-state index in [4.69, 9.17) is 38.1 Å². The average Bonchev–Trinajstić information content (AvgIpc) is 3.46. The highest BCUT2D eigenvalue weighted by atomic mass is 28.4. The molecule has 0 fully saturated rings. The minimum absolute atomic E-state index is 0. The molecule has 1 aliphatic carbocycles. The summed E-state index contributed by atoms with van der Waals surface area (Å²) in [5, 5.41) is 6.32. The fourth-order valence-corrected chi connectivity index (χ4v) is 15.4. The first kappa shape index (κ1) is 48.0. The molecular formula is C40H66N4O9Si2. The molecule has 0 saturated heterocycles. The highest BCUT2D eigenvalue weighted by Crippen LogP contribution is 2.44. The average molecular weight is 803 g/mol. The standard InChI is InChI=1S/C39H62N4O9Si2.CH4/c1-53(2,30-10-13-33(44)12-9-20-46-22-24-48-26-28-50-29-27-49-25-23-47-21-19-42-43-40)52-54(3,4)31-11-18-41-39(45)51-32-38-36-16-7-5-14-34(36)35-15-6-8-17-37(35)38;/h5-8,14-17,38H,9-13,18-32H2,1-4H3,(H,41,45);1H4. The third-order valence-electron chi connectivity index (χ3n) is 8.99. The fourth-order valence-electron chi connectivity index (χ4n) is 6.54. The van der Waals surface area contributed by atoms with Crippen LogP contribution in [-0.2, 0) is 37.3 Å². The van der Waals surface area contributed by atoms with Crippen LogP contribution in [0.5, 0.6) is 0 Å². The van der Waals surface area contributed by atoms with Crippen LogP contribution in [0.4, 0.5) is 4.79 Å². The van der Waals surface area contributed by atoms with Gasteiger partial charge in [0.15, 0.2) is 16.6 Å². The lowest BCUT2D eigenvalue weighted by atomic mass is 9.98. The lowest BCUT2D eigenvalue weighted by molar-refractivity contribution is -0.119. The molecule has 13 nitrogen and oxygen atoms in total. The Kier molecular flexibility index (Phi) is 24.0. The summed E-state index contributed by atoms with van der Waals surface area (Å²) in [7, 11) is -3.86. The largest absolute Gasteiger partial charge is 0.455 e. The summed E-state index contributed by atoms with van der Waals surface area (Å²) in [5.41, 5.74) is 13.0. The maximum atomic E-state index is 12.6. The maximum absolute atomic E-state index is 12.6. The van der Waals surface area contributed by atoms with Gasteiger partial charge in [-0.2, -0.15) is 0 Å². The highest BCUT2D eigenvalue weighted by molar-refractivity contribution is 6.84. The van der Waals surface area contributed by atoms with Gasteiger partial charge in [0, 0.05) is 43.4 Å². The van der Waals surface area contributed by atoms with Crippen LogP contribution < -0.4 is 5.32 Å². The highest BCUT2D eigenvalue weighted by Gasteiger charge is 2.33. The number of carbonyl (C=O) groups is 2. The van der Waals surface area contributed by atoms with Crippen molar-refractivity contribution in [2.45, 2.75) is 83.7 Å². The van der Waals surface area contributed by atoms with Crippen LogP contribution in [0.25, 0.3) is 21.6 Å². The number of benzene rings is 2. The normalized spacial score (nSPS) is 12.4. The summed E-state index contributed by atoms with van der Waals surface area (Å²) in [6, 6.07) is 18.6. The summed E-state index contributed by atoms with van der Waals surface area (Å²) in [6.45, 7) is 14.9. The molecule has 2 aromatic rings. The second kappa shape index (κ2) is 27.5. The Bertz CT molecular complexity index is 1400. The lowest BCUT2D eigenvalue weighted by Gasteiger charge is -2.34. The maximum Gasteiger partial charge on any atom is 0.407 e. The van der Waals surface area contributed by atoms with Crippen LogP contribution in [0.1, 0.15) is 56.6 Å². The lowest BCUT2D eigenvalue weighted by Crippen LogP contribution is -2.44. The van der Waals surface area contributed by atoms with Crippen LogP contribution in [-0.4, -0.2) is 114 Å². The zero-order chi connectivity index (χ0) is 38.9. The number of ketones is 1. The van der Waals surface area contributed by atoms with E-state index >= 15 is 0 Å². The first-order valence-electron chi connectivity index (χ1n) is 19.3. The second-order valence-electron chi connectivity index (χ2n) is 14.5. The van der Waals surface area contributed by atoms with Crippen molar-refractivity contribution in [2.75, 3.05) is 85.8 Å². The summed E-state index contributed by atoms with van der Waals surface area (Å²) in [6.07, 6.45) is 3.12. The number of hydrogen-bond donors (Lipinski definition) is 1. The monoisotopic (exact) mass is 802 g/mol. The van der Waals surface area contributed by atoms with Gasteiger partial charge in [-0.3, -0.25) is 4.79 Å². The Balaban J connectivity index is 0.0000105. The molecule has 3 rings (SSSR count). The van der Waals surface area contributed by atoms with Crippen molar-refractivity contribution >= 4 is 28.5 Å². The number of rotatable bonds is 31. The quantitative estimate of drug-likeness (QED) is 0.0259. The van der Waals surface area contributed by atoms with Gasteiger partial charge in [0.1, 0.15) is 12.4 Å². The molecule has 15 heteroatoms. The van der Waals surface area contributed by atoms with Crippen molar-refractivity contribution < 1.29 is 42.1 Å². The Labute approximate surface area is 331 Å². The first-order chi connectivity index (χ1) is 26.1. The molecule has 0 atom stereocenters. The number of azide groups is 1. The van der Waals surface area contributed by atoms with Gasteiger partial charge in [-0.15, -0.1) is 0 Å².